The van der Waals surface area contributed by atoms with Crippen molar-refractivity contribution in [2.24, 2.45) is 0 Å². The Labute approximate surface area is 152 Å². The van der Waals surface area contributed by atoms with E-state index in [1.807, 2.05) is 16.3 Å². The highest BCUT2D eigenvalue weighted by Crippen LogP contribution is 2.21. The van der Waals surface area contributed by atoms with Crippen LogP contribution in [0.2, 0.25) is 0 Å². The summed E-state index contributed by atoms with van der Waals surface area (Å²) in [5.74, 6) is -0.134. The fourth-order valence-corrected chi connectivity index (χ4v) is 3.30. The lowest BCUT2D eigenvalue weighted by atomic mass is 10.2. The molecule has 2 aliphatic rings. The van der Waals surface area contributed by atoms with Crippen molar-refractivity contribution in [3.05, 3.63) is 34.9 Å². The molecule has 0 unspecified atom stereocenters. The molecular formula is C18H24N6O2. The first-order valence-corrected chi connectivity index (χ1v) is 9.26. The van der Waals surface area contributed by atoms with Gasteiger partial charge in [-0.1, -0.05) is 6.92 Å². The van der Waals surface area contributed by atoms with Crippen molar-refractivity contribution in [1.82, 2.24) is 29.8 Å². The fraction of sp³-hybridized carbons (Fsp3) is 0.556. The monoisotopic (exact) mass is 356 g/mol. The first-order valence-electron chi connectivity index (χ1n) is 9.26. The predicted octanol–water partition coefficient (Wildman–Crippen LogP) is 1.35. The molecule has 3 heterocycles. The lowest BCUT2D eigenvalue weighted by Crippen LogP contribution is -2.38. The van der Waals surface area contributed by atoms with Crippen molar-refractivity contribution >= 4 is 11.8 Å². The highest BCUT2D eigenvalue weighted by Gasteiger charge is 2.28. The van der Waals surface area contributed by atoms with Crippen molar-refractivity contribution in [3.8, 4) is 0 Å². The Balaban J connectivity index is 1.48. The zero-order valence-corrected chi connectivity index (χ0v) is 15.2. The van der Waals surface area contributed by atoms with Gasteiger partial charge in [-0.15, -0.1) is 0 Å². The van der Waals surface area contributed by atoms with Gasteiger partial charge in [0.25, 0.3) is 11.8 Å². The van der Waals surface area contributed by atoms with Crippen LogP contribution in [-0.4, -0.2) is 48.9 Å². The SMILES string of the molecule is CCCn1ncc(C(=O)N2CCn3nc(C(=O)NC4CC4)cc3C2)c1C. The third-order valence-corrected chi connectivity index (χ3v) is 5.00. The second-order valence-corrected chi connectivity index (χ2v) is 7.09. The van der Waals surface area contributed by atoms with Crippen LogP contribution in [0.1, 0.15) is 58.4 Å². The Kier molecular flexibility index (Phi) is 4.26. The summed E-state index contributed by atoms with van der Waals surface area (Å²) in [6.07, 6.45) is 4.73. The topological polar surface area (TPSA) is 85.1 Å². The van der Waals surface area contributed by atoms with Gasteiger partial charge in [-0.05, 0) is 32.3 Å². The standard InChI is InChI=1S/C18H24N6O2/c1-3-6-23-12(2)15(10-19-23)18(26)22-7-8-24-14(11-22)9-16(21-24)17(25)20-13-4-5-13/h9-10,13H,3-8,11H2,1-2H3,(H,20,25). The van der Waals surface area contributed by atoms with Crippen molar-refractivity contribution in [3.63, 3.8) is 0 Å². The van der Waals surface area contributed by atoms with Gasteiger partial charge in [0.2, 0.25) is 0 Å². The third kappa shape index (κ3) is 3.11. The number of aromatic nitrogens is 4. The zero-order chi connectivity index (χ0) is 18.3. The molecule has 0 aromatic carbocycles. The molecule has 138 valence electrons. The van der Waals surface area contributed by atoms with E-state index in [4.69, 9.17) is 0 Å². The second kappa shape index (κ2) is 6.59. The molecule has 4 rings (SSSR count). The summed E-state index contributed by atoms with van der Waals surface area (Å²) >= 11 is 0. The summed E-state index contributed by atoms with van der Waals surface area (Å²) in [5.41, 5.74) is 2.89. The van der Waals surface area contributed by atoms with E-state index in [-0.39, 0.29) is 11.8 Å². The number of nitrogens with one attached hydrogen (secondary N) is 1. The number of hydrogen-bond donors (Lipinski definition) is 1. The number of aryl methyl sites for hydroxylation is 1. The molecule has 2 aromatic heterocycles. The quantitative estimate of drug-likeness (QED) is 0.876. The molecule has 26 heavy (non-hydrogen) atoms. The smallest absolute Gasteiger partial charge is 0.272 e. The number of carbonyl (C=O) groups is 2. The summed E-state index contributed by atoms with van der Waals surface area (Å²) in [4.78, 5) is 26.9. The van der Waals surface area contributed by atoms with E-state index < -0.39 is 0 Å². The van der Waals surface area contributed by atoms with Gasteiger partial charge in [0, 0.05) is 24.8 Å². The van der Waals surface area contributed by atoms with Crippen molar-refractivity contribution in [2.45, 2.75) is 58.8 Å². The zero-order valence-electron chi connectivity index (χ0n) is 15.2. The summed E-state index contributed by atoms with van der Waals surface area (Å²) in [6, 6.07) is 2.10. The third-order valence-electron chi connectivity index (χ3n) is 5.00. The maximum absolute atomic E-state index is 12.9. The molecule has 1 saturated carbocycles. The van der Waals surface area contributed by atoms with Crippen molar-refractivity contribution in [1.29, 1.82) is 0 Å². The minimum absolute atomic E-state index is 0.0127. The Morgan fingerprint density at radius 1 is 1.31 bits per heavy atom. The normalized spacial score (nSPS) is 16.5. The molecule has 1 N–H and O–H groups in total. The highest BCUT2D eigenvalue weighted by atomic mass is 16.2. The predicted molar refractivity (Wildman–Crippen MR) is 94.7 cm³/mol. The van der Waals surface area contributed by atoms with E-state index in [0.29, 0.717) is 36.9 Å². The van der Waals surface area contributed by atoms with Crippen LogP contribution in [0.25, 0.3) is 0 Å². The lowest BCUT2D eigenvalue weighted by Gasteiger charge is -2.27. The summed E-state index contributed by atoms with van der Waals surface area (Å²) in [7, 11) is 0. The molecule has 1 fully saturated rings. The lowest BCUT2D eigenvalue weighted by molar-refractivity contribution is 0.0704. The number of rotatable bonds is 5. The van der Waals surface area contributed by atoms with Crippen LogP contribution in [0, 0.1) is 6.92 Å². The number of hydrogen-bond acceptors (Lipinski definition) is 4. The first-order chi connectivity index (χ1) is 12.6. The molecule has 0 radical (unpaired) electrons. The summed E-state index contributed by atoms with van der Waals surface area (Å²) in [6.45, 7) is 6.47. The van der Waals surface area contributed by atoms with Gasteiger partial charge in [-0.3, -0.25) is 19.0 Å². The van der Waals surface area contributed by atoms with E-state index in [1.54, 1.807) is 17.2 Å². The fourth-order valence-electron chi connectivity index (χ4n) is 3.30. The van der Waals surface area contributed by atoms with E-state index in [0.717, 1.165) is 37.2 Å². The summed E-state index contributed by atoms with van der Waals surface area (Å²) in [5, 5.41) is 11.7. The van der Waals surface area contributed by atoms with Gasteiger partial charge in [0.15, 0.2) is 5.69 Å². The highest BCUT2D eigenvalue weighted by molar-refractivity contribution is 5.95. The van der Waals surface area contributed by atoms with Gasteiger partial charge in [0.1, 0.15) is 0 Å². The number of nitrogens with zero attached hydrogens (tertiary/aromatic N) is 5. The largest absolute Gasteiger partial charge is 0.348 e. The van der Waals surface area contributed by atoms with Gasteiger partial charge in [-0.2, -0.15) is 10.2 Å². The molecule has 2 aromatic rings. The van der Waals surface area contributed by atoms with E-state index >= 15 is 0 Å². The molecule has 0 bridgehead atoms. The molecule has 2 amide bonds. The molecule has 0 spiro atoms. The minimum Gasteiger partial charge on any atom is -0.348 e. The van der Waals surface area contributed by atoms with E-state index in [2.05, 4.69) is 22.4 Å². The van der Waals surface area contributed by atoms with Crippen LogP contribution in [-0.2, 0) is 19.6 Å². The number of amides is 2. The molecule has 8 nitrogen and oxygen atoms in total. The van der Waals surface area contributed by atoms with E-state index in [1.165, 1.54) is 0 Å². The Hall–Kier alpha value is -2.64. The Morgan fingerprint density at radius 3 is 2.85 bits per heavy atom. The van der Waals surface area contributed by atoms with Crippen LogP contribution >= 0.6 is 0 Å². The molecule has 1 aliphatic heterocycles. The molecule has 0 atom stereocenters. The number of carbonyl (C=O) groups excluding carboxylic acids is 2. The minimum atomic E-state index is -0.121. The molecule has 0 saturated heterocycles. The van der Waals surface area contributed by atoms with Crippen LogP contribution in [0.15, 0.2) is 12.3 Å². The maximum atomic E-state index is 12.9. The molecule has 8 heteroatoms. The van der Waals surface area contributed by atoms with Crippen molar-refractivity contribution < 1.29 is 9.59 Å². The first kappa shape index (κ1) is 16.8. The Bertz CT molecular complexity index is 848. The number of fused-ring (bicyclic) bond motifs is 1. The molecular weight excluding hydrogens is 332 g/mol. The van der Waals surface area contributed by atoms with E-state index in [9.17, 15) is 9.59 Å². The van der Waals surface area contributed by atoms with Gasteiger partial charge in [-0.25, -0.2) is 0 Å². The van der Waals surface area contributed by atoms with Gasteiger partial charge < -0.3 is 10.2 Å². The van der Waals surface area contributed by atoms with Crippen LogP contribution < -0.4 is 5.32 Å². The van der Waals surface area contributed by atoms with Crippen LogP contribution in [0.5, 0.6) is 0 Å². The van der Waals surface area contributed by atoms with Crippen LogP contribution in [0.3, 0.4) is 0 Å². The van der Waals surface area contributed by atoms with Gasteiger partial charge >= 0.3 is 0 Å². The Morgan fingerprint density at radius 2 is 2.12 bits per heavy atom. The second-order valence-electron chi connectivity index (χ2n) is 7.09. The average molecular weight is 356 g/mol. The van der Waals surface area contributed by atoms with Crippen molar-refractivity contribution in [2.75, 3.05) is 6.54 Å². The summed E-state index contributed by atoms with van der Waals surface area (Å²) < 4.78 is 3.71. The maximum Gasteiger partial charge on any atom is 0.272 e. The van der Waals surface area contributed by atoms with Gasteiger partial charge in [0.05, 0.1) is 30.5 Å². The average Bonchev–Trinajstić information content (AvgIpc) is 3.22. The molecule has 1 aliphatic carbocycles. The van der Waals surface area contributed by atoms with Crippen LogP contribution in [0.4, 0.5) is 0 Å².